The van der Waals surface area contributed by atoms with E-state index in [1.54, 1.807) is 12.4 Å². The molecule has 2 heterocycles. The first kappa shape index (κ1) is 17.4. The Labute approximate surface area is 148 Å². The Kier molecular flexibility index (Phi) is 5.34. The van der Waals surface area contributed by atoms with Crippen LogP contribution in [-0.2, 0) is 0 Å². The van der Waals surface area contributed by atoms with Crippen LogP contribution in [0.15, 0.2) is 42.7 Å². The maximum absolute atomic E-state index is 12.7. The van der Waals surface area contributed by atoms with Crippen LogP contribution in [0.2, 0.25) is 0 Å². The molecule has 0 atom stereocenters. The monoisotopic (exact) mass is 339 g/mol. The van der Waals surface area contributed by atoms with Gasteiger partial charge in [0.05, 0.1) is 5.56 Å². The molecule has 1 aliphatic rings. The summed E-state index contributed by atoms with van der Waals surface area (Å²) in [6.45, 7) is 1.61. The van der Waals surface area contributed by atoms with Crippen LogP contribution in [0.4, 0.5) is 5.69 Å². The third kappa shape index (κ3) is 3.99. The summed E-state index contributed by atoms with van der Waals surface area (Å²) in [4.78, 5) is 20.9. The minimum Gasteiger partial charge on any atom is -0.396 e. The van der Waals surface area contributed by atoms with E-state index in [2.05, 4.69) is 22.0 Å². The number of rotatable bonds is 4. The summed E-state index contributed by atoms with van der Waals surface area (Å²) < 4.78 is 0. The Morgan fingerprint density at radius 3 is 2.44 bits per heavy atom. The molecule has 2 aromatic rings. The van der Waals surface area contributed by atoms with Gasteiger partial charge in [-0.15, -0.1) is 0 Å². The first-order chi connectivity index (χ1) is 12.1. The average Bonchev–Trinajstić information content (AvgIpc) is 2.67. The van der Waals surface area contributed by atoms with Gasteiger partial charge in [0.2, 0.25) is 0 Å². The molecule has 0 aliphatic carbocycles. The fourth-order valence-electron chi connectivity index (χ4n) is 3.17. The molecular weight excluding hydrogens is 314 g/mol. The van der Waals surface area contributed by atoms with Crippen molar-refractivity contribution in [2.45, 2.75) is 12.8 Å². The number of hydrogen-bond acceptors (Lipinski definition) is 4. The fourth-order valence-corrected chi connectivity index (χ4v) is 3.17. The molecule has 1 fully saturated rings. The molecule has 1 aromatic heterocycles. The highest BCUT2D eigenvalue weighted by molar-refractivity contribution is 5.95. The highest BCUT2D eigenvalue weighted by Gasteiger charge is 2.23. The van der Waals surface area contributed by atoms with Crippen molar-refractivity contribution in [2.24, 2.45) is 5.92 Å². The van der Waals surface area contributed by atoms with Crippen molar-refractivity contribution in [1.82, 2.24) is 9.88 Å². The summed E-state index contributed by atoms with van der Waals surface area (Å²) in [7, 11) is 4.02. The van der Waals surface area contributed by atoms with Gasteiger partial charge in [0.1, 0.15) is 0 Å². The Hall–Kier alpha value is -2.40. The zero-order valence-electron chi connectivity index (χ0n) is 14.9. The number of piperidine rings is 1. The van der Waals surface area contributed by atoms with Gasteiger partial charge in [-0.1, -0.05) is 12.1 Å². The zero-order valence-corrected chi connectivity index (χ0v) is 14.9. The summed E-state index contributed by atoms with van der Waals surface area (Å²) in [5.74, 6) is 0.347. The maximum atomic E-state index is 12.7. The molecule has 1 aliphatic heterocycles. The Bertz CT molecular complexity index is 720. The number of benzene rings is 1. The van der Waals surface area contributed by atoms with E-state index in [-0.39, 0.29) is 12.5 Å². The third-order valence-electron chi connectivity index (χ3n) is 4.86. The van der Waals surface area contributed by atoms with Gasteiger partial charge in [-0.05, 0) is 42.5 Å². The molecule has 0 unspecified atom stereocenters. The summed E-state index contributed by atoms with van der Waals surface area (Å²) >= 11 is 0. The molecule has 3 rings (SSSR count). The van der Waals surface area contributed by atoms with E-state index in [9.17, 15) is 9.90 Å². The molecule has 25 heavy (non-hydrogen) atoms. The molecule has 1 aromatic carbocycles. The number of aliphatic hydroxyl groups excluding tert-OH is 1. The highest BCUT2D eigenvalue weighted by Crippen LogP contribution is 2.24. The molecule has 0 radical (unpaired) electrons. The van der Waals surface area contributed by atoms with E-state index in [1.807, 2.05) is 37.2 Å². The molecule has 1 amide bonds. The van der Waals surface area contributed by atoms with Crippen molar-refractivity contribution in [3.05, 3.63) is 48.3 Å². The Balaban J connectivity index is 1.76. The van der Waals surface area contributed by atoms with Crippen LogP contribution in [0.5, 0.6) is 0 Å². The summed E-state index contributed by atoms with van der Waals surface area (Å²) in [6, 6.07) is 10.1. The molecule has 0 saturated carbocycles. The quantitative estimate of drug-likeness (QED) is 0.930. The van der Waals surface area contributed by atoms with E-state index < -0.39 is 0 Å². The Morgan fingerprint density at radius 2 is 1.84 bits per heavy atom. The highest BCUT2D eigenvalue weighted by atomic mass is 16.3. The van der Waals surface area contributed by atoms with Gasteiger partial charge in [-0.2, -0.15) is 0 Å². The smallest absolute Gasteiger partial charge is 0.255 e. The SMILES string of the molecule is CN(C)c1ccc(-c2cncc(C(=O)N3CCC(CO)CC3)c2)cc1. The zero-order chi connectivity index (χ0) is 17.8. The van der Waals surface area contributed by atoms with Gasteiger partial charge in [0.25, 0.3) is 5.91 Å². The van der Waals surface area contributed by atoms with Gasteiger partial charge < -0.3 is 14.9 Å². The van der Waals surface area contributed by atoms with Crippen molar-refractivity contribution >= 4 is 11.6 Å². The number of nitrogens with zero attached hydrogens (tertiary/aromatic N) is 3. The molecule has 5 heteroatoms. The summed E-state index contributed by atoms with van der Waals surface area (Å²) in [5.41, 5.74) is 3.75. The van der Waals surface area contributed by atoms with Crippen molar-refractivity contribution in [2.75, 3.05) is 38.7 Å². The fraction of sp³-hybridized carbons (Fsp3) is 0.400. The number of carbonyl (C=O) groups excluding carboxylic acids is 1. The topological polar surface area (TPSA) is 56.7 Å². The van der Waals surface area contributed by atoms with E-state index in [0.29, 0.717) is 24.6 Å². The van der Waals surface area contributed by atoms with E-state index >= 15 is 0 Å². The van der Waals surface area contributed by atoms with Crippen LogP contribution in [0.3, 0.4) is 0 Å². The molecule has 1 saturated heterocycles. The maximum Gasteiger partial charge on any atom is 0.255 e. The predicted octanol–water partition coefficient (Wildman–Crippen LogP) is 2.66. The van der Waals surface area contributed by atoms with Crippen LogP contribution in [0.25, 0.3) is 11.1 Å². The van der Waals surface area contributed by atoms with Gasteiger partial charge in [-0.3, -0.25) is 9.78 Å². The molecule has 1 N–H and O–H groups in total. The number of hydrogen-bond donors (Lipinski definition) is 1. The molecular formula is C20H25N3O2. The minimum absolute atomic E-state index is 0.0238. The molecule has 0 bridgehead atoms. The molecule has 0 spiro atoms. The number of amides is 1. The van der Waals surface area contributed by atoms with E-state index in [1.165, 1.54) is 0 Å². The third-order valence-corrected chi connectivity index (χ3v) is 4.86. The number of aromatic nitrogens is 1. The first-order valence-corrected chi connectivity index (χ1v) is 8.71. The standard InChI is InChI=1S/C20H25N3O2/c1-22(2)19-5-3-16(4-6-19)17-11-18(13-21-12-17)20(25)23-9-7-15(14-24)8-10-23/h3-6,11-13,15,24H,7-10,14H2,1-2H3. The Morgan fingerprint density at radius 1 is 1.16 bits per heavy atom. The van der Waals surface area contributed by atoms with Crippen molar-refractivity contribution in [3.8, 4) is 11.1 Å². The van der Waals surface area contributed by atoms with Gasteiger partial charge in [-0.25, -0.2) is 0 Å². The molecule has 5 nitrogen and oxygen atoms in total. The number of anilines is 1. The second-order valence-corrected chi connectivity index (χ2v) is 6.82. The van der Waals surface area contributed by atoms with Gasteiger partial charge >= 0.3 is 0 Å². The minimum atomic E-state index is 0.0238. The van der Waals surface area contributed by atoms with Crippen LogP contribution in [-0.4, -0.2) is 54.7 Å². The number of aliphatic hydroxyl groups is 1. The van der Waals surface area contributed by atoms with Crippen LogP contribution < -0.4 is 4.90 Å². The average molecular weight is 339 g/mol. The lowest BCUT2D eigenvalue weighted by Gasteiger charge is -2.31. The van der Waals surface area contributed by atoms with E-state index in [4.69, 9.17) is 0 Å². The number of carbonyl (C=O) groups is 1. The van der Waals surface area contributed by atoms with E-state index in [0.717, 1.165) is 29.7 Å². The van der Waals surface area contributed by atoms with Crippen LogP contribution in [0, 0.1) is 5.92 Å². The van der Waals surface area contributed by atoms with Crippen LogP contribution >= 0.6 is 0 Å². The normalized spacial score (nSPS) is 15.2. The summed E-state index contributed by atoms with van der Waals surface area (Å²) in [6.07, 6.45) is 5.15. The van der Waals surface area contributed by atoms with Crippen molar-refractivity contribution in [1.29, 1.82) is 0 Å². The molecule has 132 valence electrons. The lowest BCUT2D eigenvalue weighted by atomic mass is 9.97. The summed E-state index contributed by atoms with van der Waals surface area (Å²) in [5, 5.41) is 9.23. The first-order valence-electron chi connectivity index (χ1n) is 8.71. The number of pyridine rings is 1. The van der Waals surface area contributed by atoms with Crippen LogP contribution in [0.1, 0.15) is 23.2 Å². The largest absolute Gasteiger partial charge is 0.396 e. The predicted molar refractivity (Wildman–Crippen MR) is 99.7 cm³/mol. The van der Waals surface area contributed by atoms with Crippen molar-refractivity contribution in [3.63, 3.8) is 0 Å². The second kappa shape index (κ2) is 7.66. The van der Waals surface area contributed by atoms with Crippen molar-refractivity contribution < 1.29 is 9.90 Å². The second-order valence-electron chi connectivity index (χ2n) is 6.82. The number of likely N-dealkylation sites (tertiary alicyclic amines) is 1. The lowest BCUT2D eigenvalue weighted by Crippen LogP contribution is -2.39. The lowest BCUT2D eigenvalue weighted by molar-refractivity contribution is 0.0650. The van der Waals surface area contributed by atoms with Gasteiger partial charge in [0, 0.05) is 57.4 Å². The van der Waals surface area contributed by atoms with Gasteiger partial charge in [0.15, 0.2) is 0 Å².